The summed E-state index contributed by atoms with van der Waals surface area (Å²) in [5.74, 6) is 1.06. The highest BCUT2D eigenvalue weighted by atomic mass is 15.1. The van der Waals surface area contributed by atoms with Gasteiger partial charge in [0, 0.05) is 6.54 Å². The second-order valence-corrected chi connectivity index (χ2v) is 9.03. The monoisotopic (exact) mass is 399 g/mol. The van der Waals surface area contributed by atoms with Crippen molar-refractivity contribution in [1.82, 2.24) is 4.90 Å². The van der Waals surface area contributed by atoms with Crippen molar-refractivity contribution in [2.75, 3.05) is 13.1 Å². The van der Waals surface area contributed by atoms with Gasteiger partial charge in [-0.2, -0.15) is 10.5 Å². The Morgan fingerprint density at radius 2 is 1.77 bits per heavy atom. The molecule has 1 unspecified atom stereocenters. The summed E-state index contributed by atoms with van der Waals surface area (Å²) >= 11 is 0. The van der Waals surface area contributed by atoms with Crippen LogP contribution in [0.15, 0.2) is 54.6 Å². The average molecular weight is 400 g/mol. The summed E-state index contributed by atoms with van der Waals surface area (Å²) in [5.41, 5.74) is 2.75. The maximum Gasteiger partial charge on any atom is 0.0991 e. The number of rotatable bonds is 8. The van der Waals surface area contributed by atoms with Gasteiger partial charge in [-0.15, -0.1) is 0 Å². The van der Waals surface area contributed by atoms with E-state index in [1.807, 2.05) is 36.4 Å². The number of nitrogens with zero attached hydrogens (tertiary/aromatic N) is 3. The Kier molecular flexibility index (Phi) is 7.67. The smallest absolute Gasteiger partial charge is 0.0991 e. The first kappa shape index (κ1) is 22.1. The lowest BCUT2D eigenvalue weighted by Gasteiger charge is -2.34. The maximum atomic E-state index is 10.1. The van der Waals surface area contributed by atoms with Crippen LogP contribution in [0.3, 0.4) is 0 Å². The van der Waals surface area contributed by atoms with Crippen LogP contribution >= 0.6 is 0 Å². The molecule has 0 radical (unpaired) electrons. The highest BCUT2D eigenvalue weighted by Crippen LogP contribution is 2.38. The van der Waals surface area contributed by atoms with Crippen molar-refractivity contribution in [2.24, 2.45) is 11.8 Å². The van der Waals surface area contributed by atoms with Crippen LogP contribution in [0.4, 0.5) is 0 Å². The van der Waals surface area contributed by atoms with Gasteiger partial charge in [-0.1, -0.05) is 69.2 Å². The normalized spacial score (nSPS) is 17.2. The maximum absolute atomic E-state index is 10.1. The lowest BCUT2D eigenvalue weighted by molar-refractivity contribution is 0.168. The molecular weight excluding hydrogens is 366 g/mol. The summed E-state index contributed by atoms with van der Waals surface area (Å²) in [6.45, 7) is 7.52. The summed E-state index contributed by atoms with van der Waals surface area (Å²) in [7, 11) is 0. The second kappa shape index (κ2) is 10.4. The van der Waals surface area contributed by atoms with Crippen LogP contribution < -0.4 is 0 Å². The number of likely N-dealkylation sites (tertiary alicyclic amines) is 1. The van der Waals surface area contributed by atoms with Gasteiger partial charge >= 0.3 is 0 Å². The number of nitriles is 2. The first-order valence-electron chi connectivity index (χ1n) is 11.3. The molecule has 1 atom stereocenters. The molecule has 0 amide bonds. The summed E-state index contributed by atoms with van der Waals surface area (Å²) in [4.78, 5) is 2.50. The van der Waals surface area contributed by atoms with Crippen molar-refractivity contribution in [3.8, 4) is 12.1 Å². The SMILES string of the molecule is CC(C)C(C#N)(CCCC1CCN(Cc2cccc(C#N)c2)CC1)c1ccccc1. The van der Waals surface area contributed by atoms with Crippen molar-refractivity contribution in [1.29, 1.82) is 10.5 Å². The van der Waals surface area contributed by atoms with Crippen LogP contribution in [0.1, 0.15) is 62.6 Å². The molecule has 30 heavy (non-hydrogen) atoms. The zero-order valence-corrected chi connectivity index (χ0v) is 18.3. The molecule has 0 N–H and O–H groups in total. The summed E-state index contributed by atoms with van der Waals surface area (Å²) < 4.78 is 0. The molecule has 1 aliphatic rings. The minimum absolute atomic E-state index is 0.302. The van der Waals surface area contributed by atoms with Crippen molar-refractivity contribution < 1.29 is 0 Å². The Hall–Kier alpha value is -2.62. The fourth-order valence-corrected chi connectivity index (χ4v) is 4.85. The number of piperidine rings is 1. The Bertz CT molecular complexity index is 882. The Balaban J connectivity index is 1.49. The highest BCUT2D eigenvalue weighted by Gasteiger charge is 2.35. The molecule has 1 aliphatic heterocycles. The van der Waals surface area contributed by atoms with Gasteiger partial charge in [0.2, 0.25) is 0 Å². The van der Waals surface area contributed by atoms with Crippen LogP contribution in [-0.4, -0.2) is 18.0 Å². The van der Waals surface area contributed by atoms with E-state index in [1.54, 1.807) is 0 Å². The van der Waals surface area contributed by atoms with Gasteiger partial charge in [-0.3, -0.25) is 4.90 Å². The third-order valence-corrected chi connectivity index (χ3v) is 6.83. The van der Waals surface area contributed by atoms with E-state index in [4.69, 9.17) is 5.26 Å². The fourth-order valence-electron chi connectivity index (χ4n) is 4.85. The quantitative estimate of drug-likeness (QED) is 0.542. The van der Waals surface area contributed by atoms with Gasteiger partial charge in [0.05, 0.1) is 23.1 Å². The van der Waals surface area contributed by atoms with Crippen LogP contribution in [0.5, 0.6) is 0 Å². The molecule has 0 aromatic heterocycles. The van der Waals surface area contributed by atoms with E-state index >= 15 is 0 Å². The van der Waals surface area contributed by atoms with Crippen molar-refractivity contribution >= 4 is 0 Å². The van der Waals surface area contributed by atoms with Gasteiger partial charge in [0.25, 0.3) is 0 Å². The molecule has 1 heterocycles. The Morgan fingerprint density at radius 3 is 2.40 bits per heavy atom. The fraction of sp³-hybridized carbons (Fsp3) is 0.481. The van der Waals surface area contributed by atoms with Gasteiger partial charge in [-0.05, 0) is 67.4 Å². The van der Waals surface area contributed by atoms with E-state index in [2.05, 4.69) is 49.1 Å². The molecule has 0 spiro atoms. The molecule has 0 aliphatic carbocycles. The predicted molar refractivity (Wildman–Crippen MR) is 122 cm³/mol. The number of hydrogen-bond acceptors (Lipinski definition) is 3. The van der Waals surface area contributed by atoms with Gasteiger partial charge in [0.1, 0.15) is 0 Å². The third-order valence-electron chi connectivity index (χ3n) is 6.83. The average Bonchev–Trinajstić information content (AvgIpc) is 2.78. The van der Waals surface area contributed by atoms with E-state index < -0.39 is 0 Å². The van der Waals surface area contributed by atoms with E-state index in [0.29, 0.717) is 5.92 Å². The van der Waals surface area contributed by atoms with Crippen LogP contribution in [0.25, 0.3) is 0 Å². The number of hydrogen-bond donors (Lipinski definition) is 0. The molecule has 0 bridgehead atoms. The van der Waals surface area contributed by atoms with Crippen LogP contribution in [0.2, 0.25) is 0 Å². The standard InChI is InChI=1S/C27H33N3/c1-22(2)27(21-29,26-11-4-3-5-12-26)15-7-10-23-13-16-30(17-14-23)20-25-9-6-8-24(18-25)19-28/h3-6,8-9,11-12,18,22-23H,7,10,13-17,20H2,1-2H3. The summed E-state index contributed by atoms with van der Waals surface area (Å²) in [6, 6.07) is 23.2. The lowest BCUT2D eigenvalue weighted by Crippen LogP contribution is -2.34. The summed E-state index contributed by atoms with van der Waals surface area (Å²) in [5, 5.41) is 19.2. The molecule has 1 fully saturated rings. The van der Waals surface area contributed by atoms with E-state index in [1.165, 1.54) is 24.8 Å². The van der Waals surface area contributed by atoms with Gasteiger partial charge in [-0.25, -0.2) is 0 Å². The van der Waals surface area contributed by atoms with Crippen molar-refractivity contribution in [2.45, 2.75) is 57.9 Å². The van der Waals surface area contributed by atoms with Gasteiger partial charge in [0.15, 0.2) is 0 Å². The highest BCUT2D eigenvalue weighted by molar-refractivity contribution is 5.33. The molecule has 156 valence electrons. The minimum Gasteiger partial charge on any atom is -0.299 e. The Morgan fingerprint density at radius 1 is 1.03 bits per heavy atom. The molecule has 3 heteroatoms. The van der Waals surface area contributed by atoms with E-state index in [9.17, 15) is 5.26 Å². The molecule has 3 nitrogen and oxygen atoms in total. The van der Waals surface area contributed by atoms with E-state index in [0.717, 1.165) is 49.5 Å². The van der Waals surface area contributed by atoms with Crippen molar-refractivity contribution in [3.05, 3.63) is 71.3 Å². The predicted octanol–water partition coefficient (Wildman–Crippen LogP) is 6.06. The third kappa shape index (κ3) is 5.29. The topological polar surface area (TPSA) is 50.8 Å². The molecule has 0 saturated carbocycles. The Labute approximate surface area is 182 Å². The van der Waals surface area contributed by atoms with Crippen LogP contribution in [-0.2, 0) is 12.0 Å². The second-order valence-electron chi connectivity index (χ2n) is 9.03. The molecular formula is C27H33N3. The largest absolute Gasteiger partial charge is 0.299 e. The van der Waals surface area contributed by atoms with Crippen molar-refractivity contribution in [3.63, 3.8) is 0 Å². The minimum atomic E-state index is -0.381. The molecule has 2 aromatic carbocycles. The first-order valence-corrected chi connectivity index (χ1v) is 11.3. The zero-order chi connectivity index (χ0) is 21.4. The number of benzene rings is 2. The summed E-state index contributed by atoms with van der Waals surface area (Å²) in [6.07, 6.45) is 5.71. The van der Waals surface area contributed by atoms with E-state index in [-0.39, 0.29) is 5.41 Å². The molecule has 3 rings (SSSR count). The zero-order valence-electron chi connectivity index (χ0n) is 18.3. The molecule has 1 saturated heterocycles. The first-order chi connectivity index (χ1) is 14.6. The van der Waals surface area contributed by atoms with Gasteiger partial charge < -0.3 is 0 Å². The van der Waals surface area contributed by atoms with Crippen LogP contribution in [0, 0.1) is 34.5 Å². The molecule has 2 aromatic rings. The lowest BCUT2D eigenvalue weighted by atomic mass is 9.69.